The van der Waals surface area contributed by atoms with Crippen LogP contribution in [-0.2, 0) is 19.4 Å². The maximum Gasteiger partial charge on any atom is 0.330 e. The number of amides is 1. The summed E-state index contributed by atoms with van der Waals surface area (Å²) in [5.74, 6) is -1.49. The zero-order valence-electron chi connectivity index (χ0n) is 14.7. The lowest BCUT2D eigenvalue weighted by atomic mass is 10.1. The molecule has 1 amide bonds. The molecule has 0 saturated carbocycles. The summed E-state index contributed by atoms with van der Waals surface area (Å²) >= 11 is 7.29. The number of aliphatic carboxylic acids is 1. The molecule has 0 bridgehead atoms. The summed E-state index contributed by atoms with van der Waals surface area (Å²) in [5, 5.41) is 11.8. The SMILES string of the molecule is C=C(CCC(=O)NC1=NC(C)C(c2ccc(Cl)c(S(C)(=O)=O)c2)S1)C(=O)O. The number of halogens is 1. The van der Waals surface area contributed by atoms with Gasteiger partial charge in [-0.15, -0.1) is 0 Å². The molecular weight excluding hydrogens is 412 g/mol. The van der Waals surface area contributed by atoms with Crippen molar-refractivity contribution in [1.29, 1.82) is 0 Å². The van der Waals surface area contributed by atoms with Gasteiger partial charge in [-0.2, -0.15) is 0 Å². The Morgan fingerprint density at radius 1 is 1.37 bits per heavy atom. The summed E-state index contributed by atoms with van der Waals surface area (Å²) in [6, 6.07) is 4.62. The van der Waals surface area contributed by atoms with Gasteiger partial charge in [0.25, 0.3) is 0 Å². The second kappa shape index (κ2) is 8.45. The van der Waals surface area contributed by atoms with Crippen LogP contribution in [0.1, 0.15) is 30.6 Å². The van der Waals surface area contributed by atoms with Crippen LogP contribution in [0.3, 0.4) is 0 Å². The van der Waals surface area contributed by atoms with E-state index in [1.54, 1.807) is 6.07 Å². The Balaban J connectivity index is 2.05. The van der Waals surface area contributed by atoms with Crippen molar-refractivity contribution in [2.45, 2.75) is 36.0 Å². The van der Waals surface area contributed by atoms with Crippen LogP contribution in [0, 0.1) is 0 Å². The molecule has 1 aliphatic heterocycles. The first kappa shape index (κ1) is 21.5. The molecule has 2 atom stereocenters. The number of carbonyl (C=O) groups is 2. The van der Waals surface area contributed by atoms with Gasteiger partial charge in [-0.3, -0.25) is 9.79 Å². The molecule has 1 aromatic rings. The third-order valence-electron chi connectivity index (χ3n) is 3.88. The molecular formula is C17H19ClN2O5S2. The van der Waals surface area contributed by atoms with Crippen molar-refractivity contribution in [1.82, 2.24) is 5.32 Å². The molecule has 2 unspecified atom stereocenters. The van der Waals surface area contributed by atoms with E-state index in [9.17, 15) is 18.0 Å². The van der Waals surface area contributed by atoms with Crippen LogP contribution in [0.2, 0.25) is 5.02 Å². The third kappa shape index (κ3) is 5.57. The van der Waals surface area contributed by atoms with E-state index in [4.69, 9.17) is 16.7 Å². The average molecular weight is 431 g/mol. The lowest BCUT2D eigenvalue weighted by molar-refractivity contribution is -0.132. The number of rotatable bonds is 6. The van der Waals surface area contributed by atoms with Crippen LogP contribution < -0.4 is 5.32 Å². The van der Waals surface area contributed by atoms with Gasteiger partial charge in [0.15, 0.2) is 15.0 Å². The van der Waals surface area contributed by atoms with Gasteiger partial charge in [0.05, 0.1) is 21.2 Å². The molecule has 0 saturated heterocycles. The van der Waals surface area contributed by atoms with Crippen LogP contribution in [-0.4, -0.2) is 42.9 Å². The van der Waals surface area contributed by atoms with E-state index in [0.717, 1.165) is 11.8 Å². The van der Waals surface area contributed by atoms with Crippen molar-refractivity contribution < 1.29 is 23.1 Å². The van der Waals surface area contributed by atoms with Gasteiger partial charge in [0.1, 0.15) is 0 Å². The molecule has 1 heterocycles. The third-order valence-corrected chi connectivity index (χ3v) is 6.81. The van der Waals surface area contributed by atoms with Gasteiger partial charge in [-0.05, 0) is 31.0 Å². The quantitative estimate of drug-likeness (QED) is 0.671. The highest BCUT2D eigenvalue weighted by Crippen LogP contribution is 2.40. The number of aliphatic imine (C=N–C) groups is 1. The number of sulfone groups is 1. The molecule has 0 spiro atoms. The topological polar surface area (TPSA) is 113 Å². The summed E-state index contributed by atoms with van der Waals surface area (Å²) in [6.07, 6.45) is 1.13. The molecule has 0 fully saturated rings. The van der Waals surface area contributed by atoms with Crippen molar-refractivity contribution in [3.63, 3.8) is 0 Å². The Bertz CT molecular complexity index is 927. The molecule has 10 heteroatoms. The second-order valence-electron chi connectivity index (χ2n) is 6.13. The highest BCUT2D eigenvalue weighted by atomic mass is 35.5. The van der Waals surface area contributed by atoms with E-state index in [1.165, 1.54) is 23.9 Å². The van der Waals surface area contributed by atoms with Crippen LogP contribution in [0.4, 0.5) is 0 Å². The largest absolute Gasteiger partial charge is 0.478 e. The zero-order chi connectivity index (χ0) is 20.4. The normalized spacial score (nSPS) is 19.4. The number of nitrogens with zero attached hydrogens (tertiary/aromatic N) is 1. The molecule has 0 aliphatic carbocycles. The Morgan fingerprint density at radius 2 is 2.04 bits per heavy atom. The minimum atomic E-state index is -3.46. The van der Waals surface area contributed by atoms with E-state index in [1.807, 2.05) is 6.92 Å². The Morgan fingerprint density at radius 3 is 2.63 bits per heavy atom. The molecule has 1 aromatic carbocycles. The van der Waals surface area contributed by atoms with E-state index < -0.39 is 15.8 Å². The fourth-order valence-corrected chi connectivity index (χ4v) is 4.94. The lowest BCUT2D eigenvalue weighted by Gasteiger charge is -2.15. The second-order valence-corrected chi connectivity index (χ2v) is 9.65. The highest BCUT2D eigenvalue weighted by Gasteiger charge is 2.30. The number of carbonyl (C=O) groups excluding carboxylic acids is 1. The lowest BCUT2D eigenvalue weighted by Crippen LogP contribution is -2.27. The number of nitrogens with one attached hydrogen (secondary N) is 1. The first-order valence-electron chi connectivity index (χ1n) is 7.94. The van der Waals surface area contributed by atoms with Crippen LogP contribution in [0.5, 0.6) is 0 Å². The Labute approximate surface area is 166 Å². The highest BCUT2D eigenvalue weighted by molar-refractivity contribution is 8.14. The minimum Gasteiger partial charge on any atom is -0.478 e. The summed E-state index contributed by atoms with van der Waals surface area (Å²) < 4.78 is 23.7. The predicted molar refractivity (Wildman–Crippen MR) is 106 cm³/mol. The molecule has 7 nitrogen and oxygen atoms in total. The zero-order valence-corrected chi connectivity index (χ0v) is 17.1. The number of carboxylic acids is 1. The molecule has 0 aromatic heterocycles. The number of thioether (sulfide) groups is 1. The Kier molecular flexibility index (Phi) is 6.72. The van der Waals surface area contributed by atoms with Crippen LogP contribution in [0.25, 0.3) is 0 Å². The van der Waals surface area contributed by atoms with Gasteiger partial charge in [0.2, 0.25) is 5.91 Å². The van der Waals surface area contributed by atoms with Crippen molar-refractivity contribution in [3.8, 4) is 0 Å². The van der Waals surface area contributed by atoms with Crippen LogP contribution in [0.15, 0.2) is 40.2 Å². The smallest absolute Gasteiger partial charge is 0.330 e. The van der Waals surface area contributed by atoms with Crippen molar-refractivity contribution in [2.75, 3.05) is 6.26 Å². The van der Waals surface area contributed by atoms with Gasteiger partial charge in [-0.25, -0.2) is 13.2 Å². The van der Waals surface area contributed by atoms with Crippen molar-refractivity contribution >= 4 is 50.2 Å². The van der Waals surface area contributed by atoms with E-state index >= 15 is 0 Å². The van der Waals surface area contributed by atoms with E-state index in [0.29, 0.717) is 5.17 Å². The Hall–Kier alpha value is -1.84. The maximum absolute atomic E-state index is 12.0. The molecule has 0 radical (unpaired) electrons. The minimum absolute atomic E-state index is 0.0110. The van der Waals surface area contributed by atoms with Crippen LogP contribution >= 0.6 is 23.4 Å². The molecule has 1 aliphatic rings. The fraction of sp³-hybridized carbons (Fsp3) is 0.353. The van der Waals surface area contributed by atoms with E-state index in [-0.39, 0.29) is 45.5 Å². The fourth-order valence-electron chi connectivity index (χ4n) is 2.44. The summed E-state index contributed by atoms with van der Waals surface area (Å²) in [5.41, 5.74) is 0.705. The summed E-state index contributed by atoms with van der Waals surface area (Å²) in [4.78, 5) is 27.1. The van der Waals surface area contributed by atoms with Crippen molar-refractivity contribution in [3.05, 3.63) is 40.9 Å². The van der Waals surface area contributed by atoms with E-state index in [2.05, 4.69) is 16.9 Å². The number of benzene rings is 1. The van der Waals surface area contributed by atoms with Gasteiger partial charge in [-0.1, -0.05) is 36.0 Å². The van der Waals surface area contributed by atoms with Crippen molar-refractivity contribution in [2.24, 2.45) is 4.99 Å². The molecule has 2 N–H and O–H groups in total. The van der Waals surface area contributed by atoms with Gasteiger partial charge < -0.3 is 10.4 Å². The standard InChI is InChI=1S/C17H19ClN2O5S2/c1-9(16(22)23)4-7-14(21)20-17-19-10(2)15(26-17)11-5-6-12(18)13(8-11)27(3,24)25/h5-6,8,10,15H,1,4,7H2,2-3H3,(H,22,23)(H,19,20,21). The average Bonchev–Trinajstić information content (AvgIpc) is 2.92. The monoisotopic (exact) mass is 430 g/mol. The summed E-state index contributed by atoms with van der Waals surface area (Å²) in [7, 11) is -3.46. The molecule has 146 valence electrons. The summed E-state index contributed by atoms with van der Waals surface area (Å²) in [6.45, 7) is 5.24. The number of carboxylic acid groups (broad SMARTS) is 1. The van der Waals surface area contributed by atoms with Gasteiger partial charge >= 0.3 is 5.97 Å². The number of hydrogen-bond donors (Lipinski definition) is 2. The van der Waals surface area contributed by atoms with Gasteiger partial charge in [0, 0.05) is 18.2 Å². The molecule has 27 heavy (non-hydrogen) atoms. The number of hydrogen-bond acceptors (Lipinski definition) is 6. The molecule has 2 rings (SSSR count). The number of amidine groups is 1. The maximum atomic E-state index is 12.0. The first-order chi connectivity index (χ1) is 12.5. The predicted octanol–water partition coefficient (Wildman–Crippen LogP) is 2.81. The first-order valence-corrected chi connectivity index (χ1v) is 11.1.